The molecule has 0 fully saturated rings. The Labute approximate surface area is 185 Å². The number of likely N-dealkylation sites (N-methyl/N-ethyl adjacent to an activating group) is 1. The molecule has 1 amide bonds. The Bertz CT molecular complexity index is 1170. The van der Waals surface area contributed by atoms with Crippen LogP contribution in [0, 0.1) is 0 Å². The van der Waals surface area contributed by atoms with Crippen LogP contribution in [0.1, 0.15) is 30.8 Å². The van der Waals surface area contributed by atoms with Gasteiger partial charge in [-0.15, -0.1) is 0 Å². The van der Waals surface area contributed by atoms with Gasteiger partial charge in [-0.25, -0.2) is 4.99 Å². The Morgan fingerprint density at radius 3 is 2.69 bits per heavy atom. The van der Waals surface area contributed by atoms with Crippen LogP contribution in [0.15, 0.2) is 64.8 Å². The van der Waals surface area contributed by atoms with Crippen LogP contribution in [-0.4, -0.2) is 39.1 Å². The first kappa shape index (κ1) is 22.5. The second-order valence-corrected chi connectivity index (χ2v) is 7.60. The molecule has 2 aromatic heterocycles. The van der Waals surface area contributed by atoms with Crippen molar-refractivity contribution >= 4 is 17.7 Å². The molecule has 10 nitrogen and oxygen atoms in total. The molecule has 0 saturated heterocycles. The molecule has 0 spiro atoms. The highest BCUT2D eigenvalue weighted by Gasteiger charge is 2.29. The van der Waals surface area contributed by atoms with E-state index in [1.165, 1.54) is 10.9 Å². The molecule has 5 N–H and O–H groups in total. The van der Waals surface area contributed by atoms with Gasteiger partial charge in [0.25, 0.3) is 5.89 Å². The smallest absolute Gasteiger partial charge is 0.261 e. The number of aliphatic imine (C=N–C) groups is 1. The summed E-state index contributed by atoms with van der Waals surface area (Å²) in [7, 11) is 1.57. The Morgan fingerprint density at radius 1 is 1.34 bits per heavy atom. The van der Waals surface area contributed by atoms with Crippen LogP contribution in [0.25, 0.3) is 17.0 Å². The summed E-state index contributed by atoms with van der Waals surface area (Å²) in [5.74, 6) is 0.908. The molecule has 0 bridgehead atoms. The van der Waals surface area contributed by atoms with E-state index >= 15 is 0 Å². The molecule has 32 heavy (non-hydrogen) atoms. The van der Waals surface area contributed by atoms with Crippen molar-refractivity contribution in [2.75, 3.05) is 7.05 Å². The summed E-state index contributed by atoms with van der Waals surface area (Å²) >= 11 is 0. The first-order chi connectivity index (χ1) is 15.2. The van der Waals surface area contributed by atoms with Crippen molar-refractivity contribution in [3.63, 3.8) is 0 Å². The van der Waals surface area contributed by atoms with E-state index in [9.17, 15) is 4.79 Å². The van der Waals surface area contributed by atoms with Gasteiger partial charge in [-0.05, 0) is 25.0 Å². The molecule has 2 heterocycles. The quantitative estimate of drug-likeness (QED) is 0.457. The number of nitrogens with two attached hydrogens (primary N) is 2. The number of carbonyl (C=O) groups excluding carboxylic acids is 1. The van der Waals surface area contributed by atoms with Gasteiger partial charge in [-0.1, -0.05) is 36.0 Å². The van der Waals surface area contributed by atoms with E-state index in [0.717, 1.165) is 16.7 Å². The number of carbonyl (C=O) groups is 1. The zero-order valence-corrected chi connectivity index (χ0v) is 18.2. The first-order valence-electron chi connectivity index (χ1n) is 9.83. The van der Waals surface area contributed by atoms with Crippen LogP contribution in [0.2, 0.25) is 0 Å². The highest BCUT2D eigenvalue weighted by atomic mass is 16.5. The lowest BCUT2D eigenvalue weighted by atomic mass is 9.83. The fourth-order valence-electron chi connectivity index (χ4n) is 2.96. The van der Waals surface area contributed by atoms with E-state index in [1.807, 2.05) is 38.1 Å². The highest BCUT2D eigenvalue weighted by Crippen LogP contribution is 2.31. The number of benzene rings is 1. The Hall–Kier alpha value is -4.21. The molecular formula is C22H26N8O2. The number of nitrogens with zero attached hydrogens (tertiary/aromatic N) is 5. The summed E-state index contributed by atoms with van der Waals surface area (Å²) < 4.78 is 6.97. The van der Waals surface area contributed by atoms with E-state index in [0.29, 0.717) is 17.3 Å². The van der Waals surface area contributed by atoms with Gasteiger partial charge in [-0.3, -0.25) is 9.48 Å². The minimum Gasteiger partial charge on any atom is -0.404 e. The molecule has 0 aliphatic carbocycles. The van der Waals surface area contributed by atoms with E-state index in [2.05, 4.69) is 32.1 Å². The summed E-state index contributed by atoms with van der Waals surface area (Å²) in [5, 5.41) is 10.9. The van der Waals surface area contributed by atoms with Gasteiger partial charge in [0.15, 0.2) is 5.82 Å². The van der Waals surface area contributed by atoms with Gasteiger partial charge < -0.3 is 21.3 Å². The Kier molecular flexibility index (Phi) is 6.53. The fraction of sp³-hybridized carbons (Fsp3) is 0.227. The van der Waals surface area contributed by atoms with Crippen molar-refractivity contribution in [1.29, 1.82) is 0 Å². The van der Waals surface area contributed by atoms with Gasteiger partial charge in [-0.2, -0.15) is 10.1 Å². The van der Waals surface area contributed by atoms with Crippen LogP contribution >= 0.6 is 0 Å². The normalized spacial score (nSPS) is 12.3. The number of nitrogens with one attached hydrogen (secondary N) is 1. The van der Waals surface area contributed by atoms with E-state index < -0.39 is 5.41 Å². The van der Waals surface area contributed by atoms with E-state index in [1.54, 1.807) is 25.7 Å². The van der Waals surface area contributed by atoms with Crippen molar-refractivity contribution in [3.8, 4) is 11.5 Å². The second kappa shape index (κ2) is 9.29. The van der Waals surface area contributed by atoms with Crippen LogP contribution in [0.3, 0.4) is 0 Å². The minimum atomic E-state index is -0.523. The molecule has 0 saturated carbocycles. The third kappa shape index (κ3) is 4.91. The van der Waals surface area contributed by atoms with E-state index in [4.69, 9.17) is 16.0 Å². The lowest BCUT2D eigenvalue weighted by molar-refractivity contribution is -0.121. The number of allylic oxidation sites excluding steroid dienone is 1. The van der Waals surface area contributed by atoms with Crippen molar-refractivity contribution in [1.82, 2.24) is 25.2 Å². The number of hydrogen-bond acceptors (Lipinski definition) is 8. The summed E-state index contributed by atoms with van der Waals surface area (Å²) in [6.07, 6.45) is 6.30. The van der Waals surface area contributed by atoms with Gasteiger partial charge in [0.2, 0.25) is 5.91 Å². The number of amides is 1. The van der Waals surface area contributed by atoms with Crippen LogP contribution in [0.5, 0.6) is 0 Å². The molecule has 166 valence electrons. The predicted octanol–water partition coefficient (Wildman–Crippen LogP) is 1.81. The van der Waals surface area contributed by atoms with Crippen LogP contribution < -0.4 is 16.8 Å². The lowest BCUT2D eigenvalue weighted by Gasteiger charge is -2.21. The molecule has 0 aliphatic heterocycles. The summed E-state index contributed by atoms with van der Waals surface area (Å²) in [4.78, 5) is 20.1. The molecule has 0 unspecified atom stereocenters. The average molecular weight is 435 g/mol. The largest absolute Gasteiger partial charge is 0.404 e. The highest BCUT2D eigenvalue weighted by molar-refractivity contribution is 6.09. The minimum absolute atomic E-state index is 0.110. The maximum absolute atomic E-state index is 11.5. The second-order valence-electron chi connectivity index (χ2n) is 7.60. The van der Waals surface area contributed by atoms with Crippen LogP contribution in [-0.2, 0) is 16.8 Å². The van der Waals surface area contributed by atoms with Gasteiger partial charge in [0.1, 0.15) is 12.4 Å². The SMILES string of the molecule is C=C(N)/N=C\C(=C/N)c1ccc(C(C)(C)c2noc(-c3cnn(CC(=O)NC)c3)n2)cc1. The predicted molar refractivity (Wildman–Crippen MR) is 122 cm³/mol. The molecule has 0 atom stereocenters. The summed E-state index contributed by atoms with van der Waals surface area (Å²) in [6.45, 7) is 7.66. The third-order valence-electron chi connectivity index (χ3n) is 4.94. The van der Waals surface area contributed by atoms with Crippen molar-refractivity contribution in [2.45, 2.75) is 25.8 Å². The number of aromatic nitrogens is 4. The Balaban J connectivity index is 1.81. The zero-order chi connectivity index (χ0) is 23.3. The van der Waals surface area contributed by atoms with Gasteiger partial charge in [0, 0.05) is 31.2 Å². The maximum Gasteiger partial charge on any atom is 0.261 e. The van der Waals surface area contributed by atoms with Crippen LogP contribution in [0.4, 0.5) is 0 Å². The van der Waals surface area contributed by atoms with Gasteiger partial charge >= 0.3 is 0 Å². The zero-order valence-electron chi connectivity index (χ0n) is 18.2. The van der Waals surface area contributed by atoms with Crippen molar-refractivity contribution in [3.05, 3.63) is 72.2 Å². The van der Waals surface area contributed by atoms with Crippen molar-refractivity contribution in [2.24, 2.45) is 16.5 Å². The molecule has 3 aromatic rings. The topological polar surface area (TPSA) is 150 Å². The number of rotatable bonds is 8. The molecule has 3 rings (SSSR count). The molecule has 0 radical (unpaired) electrons. The molecule has 1 aromatic carbocycles. The summed E-state index contributed by atoms with van der Waals surface area (Å²) in [5.41, 5.74) is 13.9. The number of hydrogen-bond donors (Lipinski definition) is 3. The van der Waals surface area contributed by atoms with Crippen molar-refractivity contribution < 1.29 is 9.32 Å². The maximum atomic E-state index is 11.5. The summed E-state index contributed by atoms with van der Waals surface area (Å²) in [6, 6.07) is 7.82. The van der Waals surface area contributed by atoms with Gasteiger partial charge in [0.05, 0.1) is 17.2 Å². The fourth-order valence-corrected chi connectivity index (χ4v) is 2.96. The average Bonchev–Trinajstić information content (AvgIpc) is 3.44. The molecule has 10 heteroatoms. The van der Waals surface area contributed by atoms with E-state index in [-0.39, 0.29) is 18.3 Å². The Morgan fingerprint density at radius 2 is 2.06 bits per heavy atom. The third-order valence-corrected chi connectivity index (χ3v) is 4.94. The molecular weight excluding hydrogens is 408 g/mol. The lowest BCUT2D eigenvalue weighted by Crippen LogP contribution is -2.23. The monoisotopic (exact) mass is 434 g/mol. The standard InChI is InChI=1S/C22H26N8O2/c1-14(24)26-10-16(9-23)15-5-7-18(8-6-15)22(2,3)21-28-20(32-29-21)17-11-27-30(12-17)13-19(31)25-4/h5-12H,1,13,23-24H2,2-4H3,(H,25,31)/b16-9+,26-10-. The first-order valence-corrected chi connectivity index (χ1v) is 9.83. The molecule has 0 aliphatic rings.